The molecule has 4 heteroatoms. The first-order valence-corrected chi connectivity index (χ1v) is 5.36. The molecule has 2 rings (SSSR count). The van der Waals surface area contributed by atoms with E-state index < -0.39 is 0 Å². The lowest BCUT2D eigenvalue weighted by atomic mass is 10.1. The van der Waals surface area contributed by atoms with Gasteiger partial charge in [0.1, 0.15) is 5.82 Å². The summed E-state index contributed by atoms with van der Waals surface area (Å²) in [5.41, 5.74) is 6.78. The quantitative estimate of drug-likeness (QED) is 0.876. The highest BCUT2D eigenvalue weighted by Crippen LogP contribution is 2.19. The molecule has 14 heavy (non-hydrogen) atoms. The summed E-state index contributed by atoms with van der Waals surface area (Å²) >= 11 is 3.17. The second-order valence-corrected chi connectivity index (χ2v) is 4.56. The van der Waals surface area contributed by atoms with E-state index in [1.54, 1.807) is 0 Å². The first-order chi connectivity index (χ1) is 6.65. The van der Waals surface area contributed by atoms with Crippen molar-refractivity contribution in [2.75, 3.05) is 13.1 Å². The lowest BCUT2D eigenvalue weighted by Gasteiger charge is -2.36. The molecule has 1 aliphatic rings. The molecule has 0 saturated carbocycles. The molecule has 2 N–H and O–H groups in total. The number of hydrogen-bond acceptors (Lipinski definition) is 2. The van der Waals surface area contributed by atoms with Crippen molar-refractivity contribution >= 4 is 15.9 Å². The maximum absolute atomic E-state index is 12.9. The molecule has 0 bridgehead atoms. The minimum atomic E-state index is -0.214. The average Bonchev–Trinajstić information content (AvgIpc) is 2.09. The SMILES string of the molecule is NC1CN(Cc2ccc(F)c(Br)c2)C1. The van der Waals surface area contributed by atoms with E-state index in [0.29, 0.717) is 10.5 Å². The summed E-state index contributed by atoms with van der Waals surface area (Å²) in [6, 6.07) is 5.43. The van der Waals surface area contributed by atoms with Crippen LogP contribution in [-0.2, 0) is 6.54 Å². The Morgan fingerprint density at radius 1 is 1.50 bits per heavy atom. The average molecular weight is 259 g/mol. The number of benzene rings is 1. The van der Waals surface area contributed by atoms with Gasteiger partial charge in [0.25, 0.3) is 0 Å². The van der Waals surface area contributed by atoms with E-state index in [1.165, 1.54) is 6.07 Å². The van der Waals surface area contributed by atoms with E-state index in [1.807, 2.05) is 12.1 Å². The third kappa shape index (κ3) is 2.13. The van der Waals surface area contributed by atoms with Gasteiger partial charge in [-0.05, 0) is 33.6 Å². The number of rotatable bonds is 2. The van der Waals surface area contributed by atoms with Crippen LogP contribution in [0.5, 0.6) is 0 Å². The Labute approximate surface area is 91.0 Å². The standard InChI is InChI=1S/C10H12BrFN2/c11-9-3-7(1-2-10(9)12)4-14-5-8(13)6-14/h1-3,8H,4-6,13H2. The van der Waals surface area contributed by atoms with Crippen LogP contribution in [0.25, 0.3) is 0 Å². The minimum absolute atomic E-state index is 0.214. The molecule has 0 atom stereocenters. The lowest BCUT2D eigenvalue weighted by Crippen LogP contribution is -2.54. The fraction of sp³-hybridized carbons (Fsp3) is 0.400. The first kappa shape index (κ1) is 10.1. The molecule has 1 saturated heterocycles. The predicted octanol–water partition coefficient (Wildman–Crippen LogP) is 1.73. The Morgan fingerprint density at radius 2 is 2.21 bits per heavy atom. The zero-order chi connectivity index (χ0) is 10.1. The zero-order valence-corrected chi connectivity index (χ0v) is 9.30. The molecule has 0 radical (unpaired) electrons. The van der Waals surface area contributed by atoms with Crippen LogP contribution >= 0.6 is 15.9 Å². The van der Waals surface area contributed by atoms with E-state index in [2.05, 4.69) is 20.8 Å². The number of nitrogens with zero attached hydrogens (tertiary/aromatic N) is 1. The van der Waals surface area contributed by atoms with Gasteiger partial charge in [0, 0.05) is 25.7 Å². The summed E-state index contributed by atoms with van der Waals surface area (Å²) in [6.07, 6.45) is 0. The molecular formula is C10H12BrFN2. The number of halogens is 2. The summed E-state index contributed by atoms with van der Waals surface area (Å²) in [4.78, 5) is 2.24. The van der Waals surface area contributed by atoms with Gasteiger partial charge in [0.2, 0.25) is 0 Å². The molecule has 0 aliphatic carbocycles. The van der Waals surface area contributed by atoms with Gasteiger partial charge in [0.05, 0.1) is 4.47 Å². The molecule has 2 nitrogen and oxygen atoms in total. The second kappa shape index (κ2) is 3.96. The largest absolute Gasteiger partial charge is 0.325 e. The summed E-state index contributed by atoms with van der Waals surface area (Å²) < 4.78 is 13.4. The summed E-state index contributed by atoms with van der Waals surface area (Å²) in [7, 11) is 0. The van der Waals surface area contributed by atoms with Crippen LogP contribution in [0, 0.1) is 5.82 Å². The Bertz CT molecular complexity index is 337. The van der Waals surface area contributed by atoms with Crippen LogP contribution in [-0.4, -0.2) is 24.0 Å². The smallest absolute Gasteiger partial charge is 0.137 e. The van der Waals surface area contributed by atoms with E-state index in [0.717, 1.165) is 25.2 Å². The van der Waals surface area contributed by atoms with Gasteiger partial charge in [-0.3, -0.25) is 4.90 Å². The summed E-state index contributed by atoms with van der Waals surface area (Å²) in [5.74, 6) is -0.214. The van der Waals surface area contributed by atoms with Crippen LogP contribution < -0.4 is 5.73 Å². The first-order valence-electron chi connectivity index (χ1n) is 4.57. The second-order valence-electron chi connectivity index (χ2n) is 3.70. The van der Waals surface area contributed by atoms with E-state index >= 15 is 0 Å². The molecule has 1 heterocycles. The van der Waals surface area contributed by atoms with Crippen molar-refractivity contribution in [1.29, 1.82) is 0 Å². The number of nitrogens with two attached hydrogens (primary N) is 1. The highest BCUT2D eigenvalue weighted by molar-refractivity contribution is 9.10. The highest BCUT2D eigenvalue weighted by Gasteiger charge is 2.22. The van der Waals surface area contributed by atoms with E-state index in [-0.39, 0.29) is 5.82 Å². The normalized spacial score (nSPS) is 18.2. The van der Waals surface area contributed by atoms with Crippen LogP contribution in [0.3, 0.4) is 0 Å². The summed E-state index contributed by atoms with van der Waals surface area (Å²) in [5, 5.41) is 0. The molecule has 1 aromatic rings. The van der Waals surface area contributed by atoms with E-state index in [4.69, 9.17) is 5.73 Å². The zero-order valence-electron chi connectivity index (χ0n) is 7.71. The third-order valence-corrected chi connectivity index (χ3v) is 2.98. The molecule has 1 fully saturated rings. The molecule has 76 valence electrons. The van der Waals surface area contributed by atoms with Crippen molar-refractivity contribution in [2.45, 2.75) is 12.6 Å². The van der Waals surface area contributed by atoms with Crippen LogP contribution in [0.15, 0.2) is 22.7 Å². The van der Waals surface area contributed by atoms with Crippen molar-refractivity contribution in [3.63, 3.8) is 0 Å². The van der Waals surface area contributed by atoms with E-state index in [9.17, 15) is 4.39 Å². The fourth-order valence-corrected chi connectivity index (χ4v) is 2.06. The molecule has 0 unspecified atom stereocenters. The molecule has 0 spiro atoms. The predicted molar refractivity (Wildman–Crippen MR) is 57.4 cm³/mol. The Balaban J connectivity index is 2.00. The van der Waals surface area contributed by atoms with Crippen molar-refractivity contribution < 1.29 is 4.39 Å². The van der Waals surface area contributed by atoms with Gasteiger partial charge < -0.3 is 5.73 Å². The Hall–Kier alpha value is -0.450. The van der Waals surface area contributed by atoms with Crippen molar-refractivity contribution in [1.82, 2.24) is 4.90 Å². The van der Waals surface area contributed by atoms with Gasteiger partial charge in [-0.15, -0.1) is 0 Å². The van der Waals surface area contributed by atoms with Gasteiger partial charge in [-0.1, -0.05) is 6.07 Å². The molecule has 0 amide bonds. The van der Waals surface area contributed by atoms with Gasteiger partial charge >= 0.3 is 0 Å². The fourth-order valence-electron chi connectivity index (χ4n) is 1.64. The van der Waals surface area contributed by atoms with Crippen molar-refractivity contribution in [3.8, 4) is 0 Å². The Morgan fingerprint density at radius 3 is 2.79 bits per heavy atom. The van der Waals surface area contributed by atoms with Crippen LogP contribution in [0.4, 0.5) is 4.39 Å². The Kier molecular flexibility index (Phi) is 2.85. The molecule has 0 aromatic heterocycles. The molecule has 1 aromatic carbocycles. The highest BCUT2D eigenvalue weighted by atomic mass is 79.9. The topological polar surface area (TPSA) is 29.3 Å². The third-order valence-electron chi connectivity index (χ3n) is 2.38. The van der Waals surface area contributed by atoms with Crippen molar-refractivity contribution in [3.05, 3.63) is 34.1 Å². The minimum Gasteiger partial charge on any atom is -0.325 e. The summed E-state index contributed by atoms with van der Waals surface area (Å²) in [6.45, 7) is 2.73. The van der Waals surface area contributed by atoms with Crippen LogP contribution in [0.2, 0.25) is 0 Å². The number of likely N-dealkylation sites (tertiary alicyclic amines) is 1. The van der Waals surface area contributed by atoms with Crippen LogP contribution in [0.1, 0.15) is 5.56 Å². The maximum atomic E-state index is 12.9. The van der Waals surface area contributed by atoms with Gasteiger partial charge in [0.15, 0.2) is 0 Å². The monoisotopic (exact) mass is 258 g/mol. The van der Waals surface area contributed by atoms with Crippen molar-refractivity contribution in [2.24, 2.45) is 5.73 Å². The van der Waals surface area contributed by atoms with Gasteiger partial charge in [-0.2, -0.15) is 0 Å². The molecular weight excluding hydrogens is 247 g/mol. The maximum Gasteiger partial charge on any atom is 0.137 e. The van der Waals surface area contributed by atoms with Gasteiger partial charge in [-0.25, -0.2) is 4.39 Å². The number of hydrogen-bond donors (Lipinski definition) is 1. The molecule has 1 aliphatic heterocycles. The lowest BCUT2D eigenvalue weighted by molar-refractivity contribution is 0.142.